The molecule has 4 N–H and O–H groups in total. The Bertz CT molecular complexity index is 926. The molecule has 11 atom stereocenters. The molecule has 6 aliphatic rings. The maximum Gasteiger partial charge on any atom is 0.343 e. The zero-order chi connectivity index (χ0) is 21.8. The number of fused-ring (bicyclic) bond motifs is 1. The molecule has 0 aromatic heterocycles. The van der Waals surface area contributed by atoms with Crippen molar-refractivity contribution >= 4 is 17.9 Å². The van der Waals surface area contributed by atoms with Crippen LogP contribution >= 0.6 is 0 Å². The Morgan fingerprint density at radius 3 is 2.23 bits per heavy atom. The second kappa shape index (κ2) is 4.68. The molecular weight excluding hydrogens is 404 g/mol. The van der Waals surface area contributed by atoms with Gasteiger partial charge in [0.25, 0.3) is 0 Å². The lowest BCUT2D eigenvalue weighted by molar-refractivity contribution is -0.245. The number of esters is 3. The van der Waals surface area contributed by atoms with Gasteiger partial charge in [0, 0.05) is 0 Å². The normalized spacial score (nSPS) is 60.1. The van der Waals surface area contributed by atoms with Crippen LogP contribution in [0.2, 0.25) is 0 Å². The van der Waals surface area contributed by atoms with E-state index in [1.54, 1.807) is 0 Å². The van der Waals surface area contributed by atoms with E-state index < -0.39 is 88.1 Å². The third kappa shape index (κ3) is 1.32. The van der Waals surface area contributed by atoms with Crippen molar-refractivity contribution in [2.24, 2.45) is 22.2 Å². The molecule has 0 radical (unpaired) electrons. The fraction of sp³-hybridized carbons (Fsp3) is 0.842. The van der Waals surface area contributed by atoms with Gasteiger partial charge in [-0.05, 0) is 17.8 Å². The molecule has 164 valence electrons. The van der Waals surface area contributed by atoms with Gasteiger partial charge < -0.3 is 39.4 Å². The molecule has 11 heteroatoms. The summed E-state index contributed by atoms with van der Waals surface area (Å²) in [5.74, 6) is -3.86. The fourth-order valence-electron chi connectivity index (χ4n) is 7.88. The number of hydrogen-bond acceptors (Lipinski definition) is 11. The summed E-state index contributed by atoms with van der Waals surface area (Å²) in [6, 6.07) is 0. The number of aliphatic hydroxyl groups excluding tert-OH is 3. The van der Waals surface area contributed by atoms with Gasteiger partial charge in [-0.3, -0.25) is 0 Å². The van der Waals surface area contributed by atoms with Crippen LogP contribution in [0.3, 0.4) is 0 Å². The van der Waals surface area contributed by atoms with Gasteiger partial charge in [0.15, 0.2) is 23.9 Å². The molecule has 4 saturated heterocycles. The highest BCUT2D eigenvalue weighted by Crippen LogP contribution is 2.84. The SMILES string of the molecule is CC(C)(C)[C@@H]1CC2OC(=O)C34OC5OC(=O)[C@H](O)C51C23[C@H](O)C1OC(=O)[C@@H](O)[C@@]14O. The van der Waals surface area contributed by atoms with Gasteiger partial charge in [-0.15, -0.1) is 0 Å². The lowest BCUT2D eigenvalue weighted by Crippen LogP contribution is -2.68. The number of ether oxygens (including phenoxy) is 4. The lowest BCUT2D eigenvalue weighted by Gasteiger charge is -2.47. The monoisotopic (exact) mass is 426 g/mol. The van der Waals surface area contributed by atoms with Gasteiger partial charge in [-0.2, -0.15) is 0 Å². The van der Waals surface area contributed by atoms with Crippen molar-refractivity contribution in [3.8, 4) is 0 Å². The second-order valence-corrected chi connectivity index (χ2v) is 10.4. The largest absolute Gasteiger partial charge is 0.459 e. The Balaban J connectivity index is 1.72. The average Bonchev–Trinajstić information content (AvgIpc) is 3.35. The number of carbonyl (C=O) groups is 3. The molecule has 11 nitrogen and oxygen atoms in total. The molecule has 0 aromatic rings. The quantitative estimate of drug-likeness (QED) is 0.236. The number of aliphatic hydroxyl groups is 4. The Hall–Kier alpha value is -1.79. The van der Waals surface area contributed by atoms with Crippen LogP contribution in [0.4, 0.5) is 0 Å². The summed E-state index contributed by atoms with van der Waals surface area (Å²) in [6.45, 7) is 5.60. The molecule has 6 fully saturated rings. The summed E-state index contributed by atoms with van der Waals surface area (Å²) in [7, 11) is 0. The first kappa shape index (κ1) is 18.9. The molecule has 6 unspecified atom stereocenters. The van der Waals surface area contributed by atoms with E-state index in [4.69, 9.17) is 18.9 Å². The van der Waals surface area contributed by atoms with Crippen LogP contribution in [0.25, 0.3) is 0 Å². The van der Waals surface area contributed by atoms with Gasteiger partial charge >= 0.3 is 17.9 Å². The van der Waals surface area contributed by atoms with Crippen molar-refractivity contribution in [2.45, 2.75) is 75.2 Å². The number of carbonyl (C=O) groups excluding carboxylic acids is 3. The lowest BCUT2D eigenvalue weighted by atomic mass is 9.51. The number of hydrogen-bond donors (Lipinski definition) is 4. The molecule has 4 aliphatic heterocycles. The maximum atomic E-state index is 13.2. The number of rotatable bonds is 0. The van der Waals surface area contributed by atoms with E-state index in [-0.39, 0.29) is 6.42 Å². The first-order valence-electron chi connectivity index (χ1n) is 9.91. The van der Waals surface area contributed by atoms with Crippen LogP contribution in [0.5, 0.6) is 0 Å². The van der Waals surface area contributed by atoms with Crippen molar-refractivity contribution in [2.75, 3.05) is 0 Å². The molecule has 2 saturated carbocycles. The van der Waals surface area contributed by atoms with Gasteiger partial charge in [-0.25, -0.2) is 14.4 Å². The van der Waals surface area contributed by atoms with E-state index in [0.717, 1.165) is 0 Å². The average molecular weight is 426 g/mol. The summed E-state index contributed by atoms with van der Waals surface area (Å²) in [5.41, 5.74) is -9.29. The van der Waals surface area contributed by atoms with Crippen LogP contribution in [-0.4, -0.2) is 86.3 Å². The predicted molar refractivity (Wildman–Crippen MR) is 88.9 cm³/mol. The molecule has 4 heterocycles. The Labute approximate surface area is 169 Å². The van der Waals surface area contributed by atoms with E-state index in [9.17, 15) is 34.8 Å². The van der Waals surface area contributed by atoms with Gasteiger partial charge in [0.1, 0.15) is 12.2 Å². The van der Waals surface area contributed by atoms with Crippen molar-refractivity contribution in [3.63, 3.8) is 0 Å². The molecule has 0 aromatic carbocycles. The standard InChI is InChI=1S/C19H22O11/c1-15(2,3)5-4-6-17-7(20)10-18(26,9(22)12(24)28-10)19(17,13(25)27-6)30-14-16(5,17)8(21)11(23)29-14/h5-10,14,20-22,26H,4H2,1-3H3/t5-,6?,7+,8-,9+,10?,14?,16?,17?,18+,19?/m0/s1. The Kier molecular flexibility index (Phi) is 2.95. The van der Waals surface area contributed by atoms with Crippen molar-refractivity contribution in [1.29, 1.82) is 0 Å². The molecule has 2 aliphatic carbocycles. The molecule has 30 heavy (non-hydrogen) atoms. The van der Waals surface area contributed by atoms with Gasteiger partial charge in [0.2, 0.25) is 11.9 Å². The molecule has 6 rings (SSSR count). The summed E-state index contributed by atoms with van der Waals surface area (Å²) >= 11 is 0. The minimum Gasteiger partial charge on any atom is -0.459 e. The third-order valence-electron chi connectivity index (χ3n) is 8.62. The van der Waals surface area contributed by atoms with E-state index in [1.165, 1.54) is 0 Å². The zero-order valence-electron chi connectivity index (χ0n) is 16.4. The van der Waals surface area contributed by atoms with Crippen LogP contribution in [-0.2, 0) is 33.3 Å². The smallest absolute Gasteiger partial charge is 0.343 e. The summed E-state index contributed by atoms with van der Waals surface area (Å²) in [4.78, 5) is 37.8. The molecule has 0 amide bonds. The highest BCUT2D eigenvalue weighted by atomic mass is 16.8. The topological polar surface area (TPSA) is 169 Å². The van der Waals surface area contributed by atoms with Crippen LogP contribution < -0.4 is 0 Å². The van der Waals surface area contributed by atoms with E-state index in [1.807, 2.05) is 20.8 Å². The van der Waals surface area contributed by atoms with Gasteiger partial charge in [-0.1, -0.05) is 20.8 Å². The van der Waals surface area contributed by atoms with Crippen molar-refractivity contribution in [1.82, 2.24) is 0 Å². The second-order valence-electron chi connectivity index (χ2n) is 10.4. The van der Waals surface area contributed by atoms with Crippen molar-refractivity contribution < 1.29 is 53.8 Å². The first-order valence-corrected chi connectivity index (χ1v) is 9.91. The first-order chi connectivity index (χ1) is 13.8. The summed E-state index contributed by atoms with van der Waals surface area (Å²) < 4.78 is 21.9. The highest BCUT2D eigenvalue weighted by Gasteiger charge is 3.04. The van der Waals surface area contributed by atoms with Gasteiger partial charge in [0.05, 0.1) is 10.8 Å². The Morgan fingerprint density at radius 1 is 0.967 bits per heavy atom. The predicted octanol–water partition coefficient (Wildman–Crippen LogP) is -2.64. The summed E-state index contributed by atoms with van der Waals surface area (Å²) in [5, 5.41) is 44.8. The minimum atomic E-state index is -2.69. The van der Waals surface area contributed by atoms with E-state index in [2.05, 4.69) is 0 Å². The molecule has 0 bridgehead atoms. The minimum absolute atomic E-state index is 0.147. The Morgan fingerprint density at radius 2 is 1.60 bits per heavy atom. The zero-order valence-corrected chi connectivity index (χ0v) is 16.4. The van der Waals surface area contributed by atoms with Crippen LogP contribution in [0.15, 0.2) is 0 Å². The molecule has 2 spiro atoms. The third-order valence-corrected chi connectivity index (χ3v) is 8.62. The van der Waals surface area contributed by atoms with Crippen LogP contribution in [0, 0.1) is 22.2 Å². The van der Waals surface area contributed by atoms with E-state index >= 15 is 0 Å². The maximum absolute atomic E-state index is 13.2. The van der Waals surface area contributed by atoms with E-state index in [0.29, 0.717) is 0 Å². The molecular formula is C19H22O11. The van der Waals surface area contributed by atoms with Crippen molar-refractivity contribution in [3.05, 3.63) is 0 Å². The highest BCUT2D eigenvalue weighted by molar-refractivity contribution is 5.94. The summed E-state index contributed by atoms with van der Waals surface area (Å²) in [6.07, 6.45) is -9.91. The fourth-order valence-corrected chi connectivity index (χ4v) is 7.88. The van der Waals surface area contributed by atoms with Crippen LogP contribution in [0.1, 0.15) is 27.2 Å².